The van der Waals surface area contributed by atoms with E-state index in [1.807, 2.05) is 31.2 Å². The molecule has 1 amide bonds. The van der Waals surface area contributed by atoms with Crippen molar-refractivity contribution in [3.8, 4) is 11.3 Å². The summed E-state index contributed by atoms with van der Waals surface area (Å²) in [6.07, 6.45) is 0. The summed E-state index contributed by atoms with van der Waals surface area (Å²) in [6.45, 7) is 2.00. The number of amides is 1. The third-order valence-corrected chi connectivity index (χ3v) is 4.21. The van der Waals surface area contributed by atoms with Gasteiger partial charge in [0.05, 0.1) is 11.0 Å². The maximum absolute atomic E-state index is 11.3. The largest absolute Gasteiger partial charge is 0.301 e. The highest BCUT2D eigenvalue weighted by Crippen LogP contribution is 2.30. The Morgan fingerprint density at radius 1 is 1.39 bits per heavy atom. The lowest BCUT2D eigenvalue weighted by atomic mass is 10.1. The van der Waals surface area contributed by atoms with Gasteiger partial charge < -0.3 is 5.32 Å². The maximum Gasteiger partial charge on any atom is 0.236 e. The third-order valence-electron chi connectivity index (χ3n) is 2.28. The number of hydrogen-bond acceptors (Lipinski definition) is 3. The van der Waals surface area contributed by atoms with Gasteiger partial charge in [-0.05, 0) is 19.1 Å². The molecule has 0 aliphatic carbocycles. The standard InChI is InChI=1S/C12H10Br2N2OS/c1-7-11(8-2-4-9(14)5-3-8)16-12(18-7)15-10(17)6-13/h2-5H,6H2,1H3,(H,15,16,17). The summed E-state index contributed by atoms with van der Waals surface area (Å²) in [5.41, 5.74) is 1.96. The number of thiazole rings is 1. The van der Waals surface area contributed by atoms with E-state index in [0.717, 1.165) is 20.6 Å². The van der Waals surface area contributed by atoms with Gasteiger partial charge in [0, 0.05) is 14.9 Å². The molecule has 0 bridgehead atoms. The van der Waals surface area contributed by atoms with Crippen LogP contribution in [0.15, 0.2) is 28.7 Å². The molecule has 6 heteroatoms. The Hall–Kier alpha value is -0.720. The Kier molecular flexibility index (Phi) is 4.53. The van der Waals surface area contributed by atoms with Crippen LogP contribution in [0.3, 0.4) is 0 Å². The van der Waals surface area contributed by atoms with E-state index in [1.165, 1.54) is 11.3 Å². The minimum absolute atomic E-state index is 0.0916. The molecule has 0 unspecified atom stereocenters. The Labute approximate surface area is 126 Å². The molecule has 0 fully saturated rings. The molecule has 1 N–H and O–H groups in total. The quantitative estimate of drug-likeness (QED) is 0.798. The number of halogens is 2. The lowest BCUT2D eigenvalue weighted by Crippen LogP contribution is -2.11. The van der Waals surface area contributed by atoms with E-state index in [2.05, 4.69) is 42.2 Å². The second-order valence-corrected chi connectivity index (χ2v) is 6.29. The van der Waals surface area contributed by atoms with Crippen LogP contribution in [0.5, 0.6) is 0 Å². The molecular weight excluding hydrogens is 380 g/mol. The predicted molar refractivity (Wildman–Crippen MR) is 82.4 cm³/mol. The number of rotatable bonds is 3. The van der Waals surface area contributed by atoms with E-state index in [0.29, 0.717) is 5.13 Å². The first-order valence-electron chi connectivity index (χ1n) is 5.19. The second kappa shape index (κ2) is 5.95. The summed E-state index contributed by atoms with van der Waals surface area (Å²) < 4.78 is 1.03. The second-order valence-electron chi connectivity index (χ2n) is 3.61. The maximum atomic E-state index is 11.3. The van der Waals surface area contributed by atoms with Crippen LogP contribution in [-0.4, -0.2) is 16.2 Å². The van der Waals surface area contributed by atoms with Crippen LogP contribution in [0, 0.1) is 6.92 Å². The van der Waals surface area contributed by atoms with Gasteiger partial charge in [0.1, 0.15) is 0 Å². The van der Waals surface area contributed by atoms with E-state index in [-0.39, 0.29) is 11.2 Å². The summed E-state index contributed by atoms with van der Waals surface area (Å²) in [6, 6.07) is 7.96. The van der Waals surface area contributed by atoms with Gasteiger partial charge in [-0.2, -0.15) is 0 Å². The summed E-state index contributed by atoms with van der Waals surface area (Å²) in [5, 5.41) is 3.66. The number of carbonyl (C=O) groups is 1. The molecule has 1 aromatic carbocycles. The number of alkyl halides is 1. The minimum Gasteiger partial charge on any atom is -0.301 e. The van der Waals surface area contributed by atoms with Crippen molar-refractivity contribution in [1.29, 1.82) is 0 Å². The van der Waals surface area contributed by atoms with Gasteiger partial charge in [0.15, 0.2) is 5.13 Å². The van der Waals surface area contributed by atoms with Crippen molar-refractivity contribution < 1.29 is 4.79 Å². The number of anilines is 1. The van der Waals surface area contributed by atoms with Crippen LogP contribution in [0.2, 0.25) is 0 Å². The zero-order chi connectivity index (χ0) is 13.1. The van der Waals surface area contributed by atoms with Crippen molar-refractivity contribution in [2.24, 2.45) is 0 Å². The first kappa shape index (κ1) is 13.7. The fraction of sp³-hybridized carbons (Fsp3) is 0.167. The highest BCUT2D eigenvalue weighted by molar-refractivity contribution is 9.10. The molecule has 2 aromatic rings. The molecule has 1 aromatic heterocycles. The Balaban J connectivity index is 2.29. The van der Waals surface area contributed by atoms with E-state index >= 15 is 0 Å². The summed E-state index contributed by atoms with van der Waals surface area (Å²) >= 11 is 8.00. The van der Waals surface area contributed by atoms with E-state index in [9.17, 15) is 4.79 Å². The van der Waals surface area contributed by atoms with Gasteiger partial charge >= 0.3 is 0 Å². The van der Waals surface area contributed by atoms with Crippen LogP contribution in [0.25, 0.3) is 11.3 Å². The Morgan fingerprint density at radius 2 is 2.06 bits per heavy atom. The van der Waals surface area contributed by atoms with Crippen molar-refractivity contribution in [2.75, 3.05) is 10.6 Å². The van der Waals surface area contributed by atoms with Crippen molar-refractivity contribution in [2.45, 2.75) is 6.92 Å². The van der Waals surface area contributed by atoms with Gasteiger partial charge in [-0.3, -0.25) is 4.79 Å². The van der Waals surface area contributed by atoms with Gasteiger partial charge in [-0.15, -0.1) is 11.3 Å². The Morgan fingerprint density at radius 3 is 2.67 bits per heavy atom. The fourth-order valence-corrected chi connectivity index (χ4v) is 2.73. The van der Waals surface area contributed by atoms with Crippen molar-refractivity contribution in [3.63, 3.8) is 0 Å². The molecule has 0 radical (unpaired) electrons. The molecule has 2 rings (SSSR count). The average molecular weight is 390 g/mol. The van der Waals surface area contributed by atoms with E-state index < -0.39 is 0 Å². The van der Waals surface area contributed by atoms with E-state index in [1.54, 1.807) is 0 Å². The van der Waals surface area contributed by atoms with Crippen molar-refractivity contribution in [1.82, 2.24) is 4.98 Å². The molecule has 0 spiro atoms. The SMILES string of the molecule is Cc1sc(NC(=O)CBr)nc1-c1ccc(Br)cc1. The number of nitrogens with one attached hydrogen (secondary N) is 1. The van der Waals surface area contributed by atoms with Crippen LogP contribution in [0.4, 0.5) is 5.13 Å². The molecule has 0 atom stereocenters. The lowest BCUT2D eigenvalue weighted by molar-refractivity contribution is -0.113. The van der Waals surface area contributed by atoms with Crippen molar-refractivity contribution in [3.05, 3.63) is 33.6 Å². The van der Waals surface area contributed by atoms with Crippen LogP contribution >= 0.6 is 43.2 Å². The van der Waals surface area contributed by atoms with Crippen LogP contribution < -0.4 is 5.32 Å². The Bertz CT molecular complexity index is 566. The number of aryl methyl sites for hydroxylation is 1. The predicted octanol–water partition coefficient (Wildman–Crippen LogP) is 4.21. The molecule has 0 aliphatic heterocycles. The zero-order valence-corrected chi connectivity index (χ0v) is 13.5. The number of benzene rings is 1. The first-order chi connectivity index (χ1) is 8.60. The highest BCUT2D eigenvalue weighted by Gasteiger charge is 2.11. The summed E-state index contributed by atoms with van der Waals surface area (Å²) in [5.74, 6) is -0.0916. The van der Waals surface area contributed by atoms with Gasteiger partial charge in [-0.25, -0.2) is 4.98 Å². The lowest BCUT2D eigenvalue weighted by Gasteiger charge is -1.98. The zero-order valence-electron chi connectivity index (χ0n) is 9.54. The molecule has 0 saturated heterocycles. The molecule has 18 heavy (non-hydrogen) atoms. The third kappa shape index (κ3) is 3.18. The first-order valence-corrected chi connectivity index (χ1v) is 7.92. The molecule has 1 heterocycles. The fourth-order valence-electron chi connectivity index (χ4n) is 1.48. The van der Waals surface area contributed by atoms with Crippen LogP contribution in [-0.2, 0) is 4.79 Å². The number of carbonyl (C=O) groups excluding carboxylic acids is 1. The molecule has 3 nitrogen and oxygen atoms in total. The summed E-state index contributed by atoms with van der Waals surface area (Å²) in [4.78, 5) is 16.8. The van der Waals surface area contributed by atoms with Gasteiger partial charge in [-0.1, -0.05) is 44.0 Å². The van der Waals surface area contributed by atoms with Crippen molar-refractivity contribution >= 4 is 54.2 Å². The monoisotopic (exact) mass is 388 g/mol. The van der Waals surface area contributed by atoms with Gasteiger partial charge in [0.25, 0.3) is 0 Å². The smallest absolute Gasteiger partial charge is 0.236 e. The molecular formula is C12H10Br2N2OS. The molecule has 0 aliphatic rings. The highest BCUT2D eigenvalue weighted by atomic mass is 79.9. The number of hydrogen-bond donors (Lipinski definition) is 1. The molecule has 94 valence electrons. The number of nitrogens with zero attached hydrogens (tertiary/aromatic N) is 1. The average Bonchev–Trinajstić information content (AvgIpc) is 2.71. The van der Waals surface area contributed by atoms with Crippen LogP contribution in [0.1, 0.15) is 4.88 Å². The molecule has 0 saturated carbocycles. The van der Waals surface area contributed by atoms with Gasteiger partial charge in [0.2, 0.25) is 5.91 Å². The topological polar surface area (TPSA) is 42.0 Å². The number of aromatic nitrogens is 1. The minimum atomic E-state index is -0.0916. The normalized spacial score (nSPS) is 10.4. The summed E-state index contributed by atoms with van der Waals surface area (Å²) in [7, 11) is 0. The van der Waals surface area contributed by atoms with E-state index in [4.69, 9.17) is 0 Å².